The van der Waals surface area contributed by atoms with Gasteiger partial charge in [0.15, 0.2) is 0 Å². The quantitative estimate of drug-likeness (QED) is 0.831. The first-order chi connectivity index (χ1) is 11.0. The molecule has 1 aromatic carbocycles. The summed E-state index contributed by atoms with van der Waals surface area (Å²) in [5.74, 6) is 0.0254. The SMILES string of the molecule is CC(=O)N1c2ccccc2C[C@H]1C(=O)N1CCCC(N(C)C)C1. The number of likely N-dealkylation sites (N-methyl/N-ethyl adjacent to an activating group) is 1. The lowest BCUT2D eigenvalue weighted by molar-refractivity contribution is -0.135. The van der Waals surface area contributed by atoms with E-state index in [1.807, 2.05) is 29.2 Å². The van der Waals surface area contributed by atoms with E-state index in [2.05, 4.69) is 19.0 Å². The Morgan fingerprint density at radius 3 is 2.65 bits per heavy atom. The fourth-order valence-corrected chi connectivity index (χ4v) is 3.76. The van der Waals surface area contributed by atoms with Gasteiger partial charge in [-0.2, -0.15) is 0 Å². The number of anilines is 1. The highest BCUT2D eigenvalue weighted by Gasteiger charge is 2.39. The van der Waals surface area contributed by atoms with E-state index in [-0.39, 0.29) is 17.9 Å². The normalized spacial score (nSPS) is 24.0. The molecule has 1 fully saturated rings. The van der Waals surface area contributed by atoms with Gasteiger partial charge in [0.05, 0.1) is 0 Å². The van der Waals surface area contributed by atoms with E-state index in [0.717, 1.165) is 37.2 Å². The first kappa shape index (κ1) is 16.0. The Hall–Kier alpha value is -1.88. The number of hydrogen-bond donors (Lipinski definition) is 0. The van der Waals surface area contributed by atoms with Crippen LogP contribution in [0.2, 0.25) is 0 Å². The summed E-state index contributed by atoms with van der Waals surface area (Å²) in [6.07, 6.45) is 2.77. The Bertz CT molecular complexity index is 614. The number of rotatable bonds is 2. The van der Waals surface area contributed by atoms with E-state index in [1.54, 1.807) is 11.8 Å². The summed E-state index contributed by atoms with van der Waals surface area (Å²) in [4.78, 5) is 31.0. The average Bonchev–Trinajstić information content (AvgIpc) is 2.93. The molecule has 5 nitrogen and oxygen atoms in total. The van der Waals surface area contributed by atoms with Crippen molar-refractivity contribution in [1.29, 1.82) is 0 Å². The molecule has 2 amide bonds. The Morgan fingerprint density at radius 2 is 1.96 bits per heavy atom. The fraction of sp³-hybridized carbons (Fsp3) is 0.556. The highest BCUT2D eigenvalue weighted by atomic mass is 16.2. The third-order valence-corrected chi connectivity index (χ3v) is 5.04. The molecule has 0 saturated carbocycles. The third kappa shape index (κ3) is 2.98. The van der Waals surface area contributed by atoms with Crippen LogP contribution in [0.5, 0.6) is 0 Å². The molecule has 0 aliphatic carbocycles. The molecule has 23 heavy (non-hydrogen) atoms. The molecule has 2 heterocycles. The first-order valence-electron chi connectivity index (χ1n) is 8.32. The van der Waals surface area contributed by atoms with Crippen molar-refractivity contribution in [2.45, 2.75) is 38.3 Å². The van der Waals surface area contributed by atoms with E-state index < -0.39 is 0 Å². The van der Waals surface area contributed by atoms with Crippen LogP contribution in [-0.4, -0.2) is 60.9 Å². The maximum Gasteiger partial charge on any atom is 0.246 e. The van der Waals surface area contributed by atoms with Crippen molar-refractivity contribution in [1.82, 2.24) is 9.80 Å². The molecule has 1 aromatic rings. The molecular weight excluding hydrogens is 290 g/mol. The van der Waals surface area contributed by atoms with E-state index in [4.69, 9.17) is 0 Å². The van der Waals surface area contributed by atoms with Gasteiger partial charge in [0.2, 0.25) is 11.8 Å². The Kier molecular flexibility index (Phi) is 4.39. The van der Waals surface area contributed by atoms with Crippen LogP contribution in [0, 0.1) is 0 Å². The second kappa shape index (κ2) is 6.32. The molecular formula is C18H25N3O2. The highest BCUT2D eigenvalue weighted by Crippen LogP contribution is 2.33. The van der Waals surface area contributed by atoms with Gasteiger partial charge in [0.1, 0.15) is 6.04 Å². The minimum atomic E-state index is -0.384. The summed E-state index contributed by atoms with van der Waals surface area (Å²) in [6.45, 7) is 3.09. The smallest absolute Gasteiger partial charge is 0.246 e. The lowest BCUT2D eigenvalue weighted by atomic mass is 10.0. The number of carbonyl (C=O) groups is 2. The molecule has 1 unspecified atom stereocenters. The van der Waals surface area contributed by atoms with Crippen LogP contribution in [-0.2, 0) is 16.0 Å². The number of piperidine rings is 1. The molecule has 124 valence electrons. The Morgan fingerprint density at radius 1 is 1.22 bits per heavy atom. The summed E-state index contributed by atoms with van der Waals surface area (Å²) in [5, 5.41) is 0. The molecule has 3 rings (SSSR count). The second-order valence-electron chi connectivity index (χ2n) is 6.78. The predicted molar refractivity (Wildman–Crippen MR) is 90.4 cm³/mol. The summed E-state index contributed by atoms with van der Waals surface area (Å²) in [5.41, 5.74) is 1.97. The van der Waals surface area contributed by atoms with Gasteiger partial charge in [-0.05, 0) is 38.6 Å². The van der Waals surface area contributed by atoms with E-state index in [1.165, 1.54) is 0 Å². The van der Waals surface area contributed by atoms with Gasteiger partial charge >= 0.3 is 0 Å². The van der Waals surface area contributed by atoms with Crippen LogP contribution < -0.4 is 4.90 Å². The van der Waals surface area contributed by atoms with E-state index >= 15 is 0 Å². The van der Waals surface area contributed by atoms with Gasteiger partial charge in [-0.15, -0.1) is 0 Å². The van der Waals surface area contributed by atoms with Crippen LogP contribution in [0.15, 0.2) is 24.3 Å². The lowest BCUT2D eigenvalue weighted by Gasteiger charge is -2.38. The number of carbonyl (C=O) groups excluding carboxylic acids is 2. The molecule has 2 aliphatic rings. The number of fused-ring (bicyclic) bond motifs is 1. The average molecular weight is 315 g/mol. The Balaban J connectivity index is 1.81. The molecule has 0 N–H and O–H groups in total. The van der Waals surface area contributed by atoms with Gasteiger partial charge in [-0.3, -0.25) is 14.5 Å². The number of amides is 2. The fourth-order valence-electron chi connectivity index (χ4n) is 3.76. The van der Waals surface area contributed by atoms with E-state index in [0.29, 0.717) is 12.5 Å². The number of para-hydroxylation sites is 1. The summed E-state index contributed by atoms with van der Waals surface area (Å²) in [6, 6.07) is 7.85. The van der Waals surface area contributed by atoms with Crippen LogP contribution in [0.25, 0.3) is 0 Å². The molecule has 1 saturated heterocycles. The monoisotopic (exact) mass is 315 g/mol. The summed E-state index contributed by atoms with van der Waals surface area (Å²) < 4.78 is 0. The minimum Gasteiger partial charge on any atom is -0.339 e. The highest BCUT2D eigenvalue weighted by molar-refractivity contribution is 6.02. The van der Waals surface area contributed by atoms with Crippen molar-refractivity contribution < 1.29 is 9.59 Å². The van der Waals surface area contributed by atoms with Gasteiger partial charge in [-0.25, -0.2) is 0 Å². The summed E-state index contributed by atoms with van der Waals surface area (Å²) in [7, 11) is 4.12. The number of likely N-dealkylation sites (tertiary alicyclic amines) is 1. The summed E-state index contributed by atoms with van der Waals surface area (Å²) >= 11 is 0. The molecule has 2 aliphatic heterocycles. The zero-order valence-corrected chi connectivity index (χ0v) is 14.2. The van der Waals surface area contributed by atoms with Crippen molar-refractivity contribution in [3.8, 4) is 0 Å². The topological polar surface area (TPSA) is 43.9 Å². The van der Waals surface area contributed by atoms with Crippen molar-refractivity contribution in [3.05, 3.63) is 29.8 Å². The van der Waals surface area contributed by atoms with Crippen molar-refractivity contribution in [2.75, 3.05) is 32.1 Å². The third-order valence-electron chi connectivity index (χ3n) is 5.04. The molecule has 0 aromatic heterocycles. The predicted octanol–water partition coefficient (Wildman–Crippen LogP) is 1.52. The maximum absolute atomic E-state index is 13.1. The Labute approximate surface area is 137 Å². The number of benzene rings is 1. The van der Waals surface area contributed by atoms with Crippen LogP contribution in [0.3, 0.4) is 0 Å². The largest absolute Gasteiger partial charge is 0.339 e. The maximum atomic E-state index is 13.1. The number of hydrogen-bond acceptors (Lipinski definition) is 3. The van der Waals surface area contributed by atoms with E-state index in [9.17, 15) is 9.59 Å². The zero-order chi connectivity index (χ0) is 16.6. The van der Waals surface area contributed by atoms with Gasteiger partial charge in [0.25, 0.3) is 0 Å². The van der Waals surface area contributed by atoms with Crippen LogP contribution >= 0.6 is 0 Å². The minimum absolute atomic E-state index is 0.0607. The molecule has 5 heteroatoms. The van der Waals surface area contributed by atoms with Crippen LogP contribution in [0.1, 0.15) is 25.3 Å². The standard InChI is InChI=1S/C18H25N3O2/c1-13(22)21-16-9-5-4-7-14(16)11-17(21)18(23)20-10-6-8-15(12-20)19(2)3/h4-5,7,9,15,17H,6,8,10-12H2,1-3H3/t15?,17-/m0/s1. The van der Waals surface area contributed by atoms with Gasteiger partial charge in [0, 0.05) is 38.2 Å². The molecule has 2 atom stereocenters. The molecule has 0 radical (unpaired) electrons. The van der Waals surface area contributed by atoms with Crippen molar-refractivity contribution in [2.24, 2.45) is 0 Å². The molecule has 0 bridgehead atoms. The number of nitrogens with zero attached hydrogens (tertiary/aromatic N) is 3. The lowest BCUT2D eigenvalue weighted by Crippen LogP contribution is -2.54. The molecule has 0 spiro atoms. The van der Waals surface area contributed by atoms with Crippen molar-refractivity contribution >= 4 is 17.5 Å². The zero-order valence-electron chi connectivity index (χ0n) is 14.2. The van der Waals surface area contributed by atoms with Gasteiger partial charge in [-0.1, -0.05) is 18.2 Å². The van der Waals surface area contributed by atoms with Gasteiger partial charge < -0.3 is 9.80 Å². The first-order valence-corrected chi connectivity index (χ1v) is 8.32. The second-order valence-corrected chi connectivity index (χ2v) is 6.78. The van der Waals surface area contributed by atoms with Crippen molar-refractivity contribution in [3.63, 3.8) is 0 Å². The van der Waals surface area contributed by atoms with Crippen LogP contribution in [0.4, 0.5) is 5.69 Å².